The number of nitrogens with one attached hydrogen (secondary N) is 1. The van der Waals surface area contributed by atoms with Gasteiger partial charge < -0.3 is 16.0 Å². The van der Waals surface area contributed by atoms with Crippen molar-refractivity contribution in [3.63, 3.8) is 0 Å². The number of halogens is 2. The van der Waals surface area contributed by atoms with Gasteiger partial charge in [0.25, 0.3) is 0 Å². The highest BCUT2D eigenvalue weighted by atomic mass is 35.5. The van der Waals surface area contributed by atoms with E-state index >= 15 is 0 Å². The lowest BCUT2D eigenvalue weighted by atomic mass is 10.2. The van der Waals surface area contributed by atoms with Crippen molar-refractivity contribution in [3.05, 3.63) is 0 Å². The Morgan fingerprint density at radius 2 is 1.94 bits per heavy atom. The molecule has 1 heterocycles. The van der Waals surface area contributed by atoms with Crippen molar-refractivity contribution in [1.82, 2.24) is 10.2 Å². The molecular formula is C12H27Cl2N3O. The van der Waals surface area contributed by atoms with Crippen molar-refractivity contribution in [2.24, 2.45) is 5.73 Å². The molecule has 1 amide bonds. The van der Waals surface area contributed by atoms with Crippen LogP contribution in [0, 0.1) is 0 Å². The molecule has 1 atom stereocenters. The van der Waals surface area contributed by atoms with Gasteiger partial charge >= 0.3 is 0 Å². The fraction of sp³-hybridized carbons (Fsp3) is 0.917. The molecule has 0 aliphatic carbocycles. The van der Waals surface area contributed by atoms with Gasteiger partial charge in [0.2, 0.25) is 5.91 Å². The van der Waals surface area contributed by atoms with Gasteiger partial charge in [-0.15, -0.1) is 24.8 Å². The first-order valence-electron chi connectivity index (χ1n) is 6.43. The van der Waals surface area contributed by atoms with E-state index in [4.69, 9.17) is 5.73 Å². The van der Waals surface area contributed by atoms with Gasteiger partial charge in [-0.25, -0.2) is 0 Å². The third-order valence-electron chi connectivity index (χ3n) is 3.00. The van der Waals surface area contributed by atoms with Gasteiger partial charge in [-0.05, 0) is 52.2 Å². The number of amides is 1. The molecule has 110 valence electrons. The maximum Gasteiger partial charge on any atom is 0.220 e. The van der Waals surface area contributed by atoms with Crippen LogP contribution in [0.1, 0.15) is 39.0 Å². The molecule has 0 aromatic rings. The van der Waals surface area contributed by atoms with Crippen LogP contribution >= 0.6 is 24.8 Å². The smallest absolute Gasteiger partial charge is 0.220 e. The number of hydrogen-bond donors (Lipinski definition) is 2. The summed E-state index contributed by atoms with van der Waals surface area (Å²) in [4.78, 5) is 13.8. The number of hydrogen-bond acceptors (Lipinski definition) is 3. The van der Waals surface area contributed by atoms with Gasteiger partial charge in [0.15, 0.2) is 0 Å². The van der Waals surface area contributed by atoms with E-state index in [1.807, 2.05) is 6.92 Å². The second-order valence-electron chi connectivity index (χ2n) is 4.77. The summed E-state index contributed by atoms with van der Waals surface area (Å²) in [5.41, 5.74) is 5.59. The number of rotatable bonds is 7. The molecule has 0 saturated carbocycles. The Hall–Kier alpha value is -0.0300. The van der Waals surface area contributed by atoms with E-state index in [2.05, 4.69) is 10.2 Å². The van der Waals surface area contributed by atoms with E-state index in [9.17, 15) is 4.79 Å². The molecule has 0 spiro atoms. The molecule has 3 N–H and O–H groups in total. The second-order valence-corrected chi connectivity index (χ2v) is 4.77. The predicted molar refractivity (Wildman–Crippen MR) is 80.7 cm³/mol. The molecule has 0 aromatic carbocycles. The molecule has 1 saturated heterocycles. The highest BCUT2D eigenvalue weighted by molar-refractivity contribution is 5.85. The molecule has 4 nitrogen and oxygen atoms in total. The largest absolute Gasteiger partial charge is 0.356 e. The molecule has 0 radical (unpaired) electrons. The van der Waals surface area contributed by atoms with Gasteiger partial charge in [0.1, 0.15) is 0 Å². The molecule has 18 heavy (non-hydrogen) atoms. The third-order valence-corrected chi connectivity index (χ3v) is 3.00. The summed E-state index contributed by atoms with van der Waals surface area (Å²) in [6.45, 7) is 6.32. The van der Waals surface area contributed by atoms with Crippen LogP contribution in [-0.2, 0) is 4.79 Å². The lowest BCUT2D eigenvalue weighted by Gasteiger charge is -2.14. The van der Waals surface area contributed by atoms with E-state index in [1.165, 1.54) is 25.9 Å². The van der Waals surface area contributed by atoms with E-state index < -0.39 is 0 Å². The lowest BCUT2D eigenvalue weighted by Crippen LogP contribution is -2.29. The van der Waals surface area contributed by atoms with Crippen LogP contribution in [-0.4, -0.2) is 43.0 Å². The van der Waals surface area contributed by atoms with Crippen molar-refractivity contribution in [1.29, 1.82) is 0 Å². The highest BCUT2D eigenvalue weighted by Crippen LogP contribution is 2.06. The number of carbonyl (C=O) groups is 1. The van der Waals surface area contributed by atoms with Crippen molar-refractivity contribution in [3.8, 4) is 0 Å². The summed E-state index contributed by atoms with van der Waals surface area (Å²) in [6.07, 6.45) is 5.06. The summed E-state index contributed by atoms with van der Waals surface area (Å²) in [7, 11) is 0. The zero-order valence-corrected chi connectivity index (χ0v) is 12.8. The average molecular weight is 300 g/mol. The second kappa shape index (κ2) is 12.0. The van der Waals surface area contributed by atoms with E-state index in [0.29, 0.717) is 6.42 Å². The van der Waals surface area contributed by atoms with Gasteiger partial charge in [0.05, 0.1) is 0 Å². The maximum atomic E-state index is 11.4. The fourth-order valence-electron chi connectivity index (χ4n) is 1.98. The van der Waals surface area contributed by atoms with Crippen molar-refractivity contribution < 1.29 is 4.79 Å². The summed E-state index contributed by atoms with van der Waals surface area (Å²) >= 11 is 0. The Kier molecular flexibility index (Phi) is 13.6. The Labute approximate surface area is 123 Å². The van der Waals surface area contributed by atoms with E-state index in [-0.39, 0.29) is 36.8 Å². The normalized spacial score (nSPS) is 16.6. The van der Waals surface area contributed by atoms with Crippen LogP contribution in [0.3, 0.4) is 0 Å². The number of nitrogens with two attached hydrogens (primary N) is 1. The average Bonchev–Trinajstić information content (AvgIpc) is 2.74. The van der Waals surface area contributed by atoms with Crippen LogP contribution in [0.4, 0.5) is 0 Å². The molecule has 6 heteroatoms. The number of likely N-dealkylation sites (tertiary alicyclic amines) is 1. The van der Waals surface area contributed by atoms with E-state index in [1.54, 1.807) is 0 Å². The first-order chi connectivity index (χ1) is 7.68. The molecule has 0 aromatic heterocycles. The highest BCUT2D eigenvalue weighted by Gasteiger charge is 2.10. The molecule has 1 rings (SSSR count). The van der Waals surface area contributed by atoms with Crippen molar-refractivity contribution >= 4 is 30.7 Å². The summed E-state index contributed by atoms with van der Waals surface area (Å²) < 4.78 is 0. The van der Waals surface area contributed by atoms with Crippen molar-refractivity contribution in [2.75, 3.05) is 26.2 Å². The topological polar surface area (TPSA) is 58.4 Å². The molecular weight excluding hydrogens is 273 g/mol. The molecule has 0 bridgehead atoms. The minimum absolute atomic E-state index is 0. The SMILES string of the molecule is CC(N)CCC(=O)NCCCN1CCCC1.Cl.Cl. The minimum atomic E-state index is 0. The van der Waals surface area contributed by atoms with Gasteiger partial charge in [-0.2, -0.15) is 0 Å². The molecule has 1 aliphatic rings. The Bertz CT molecular complexity index is 209. The molecule has 1 unspecified atom stereocenters. The van der Waals surface area contributed by atoms with Crippen molar-refractivity contribution in [2.45, 2.75) is 45.1 Å². The first-order valence-corrected chi connectivity index (χ1v) is 6.43. The summed E-state index contributed by atoms with van der Waals surface area (Å²) in [5, 5.41) is 2.94. The van der Waals surface area contributed by atoms with Crippen LogP contribution in [0.15, 0.2) is 0 Å². The zero-order chi connectivity index (χ0) is 11.8. The van der Waals surface area contributed by atoms with E-state index in [0.717, 1.165) is 25.9 Å². The number of carbonyl (C=O) groups excluding carboxylic acids is 1. The summed E-state index contributed by atoms with van der Waals surface area (Å²) in [6, 6.07) is 0.121. The Morgan fingerprint density at radius 1 is 1.33 bits per heavy atom. The monoisotopic (exact) mass is 299 g/mol. The van der Waals surface area contributed by atoms with Gasteiger partial charge in [0, 0.05) is 19.0 Å². The molecule has 1 fully saturated rings. The zero-order valence-electron chi connectivity index (χ0n) is 11.2. The number of nitrogens with zero attached hydrogens (tertiary/aromatic N) is 1. The Morgan fingerprint density at radius 3 is 2.50 bits per heavy atom. The van der Waals surface area contributed by atoms with Gasteiger partial charge in [-0.3, -0.25) is 4.79 Å². The van der Waals surface area contributed by atoms with Crippen LogP contribution < -0.4 is 11.1 Å². The molecule has 1 aliphatic heterocycles. The van der Waals surface area contributed by atoms with Gasteiger partial charge in [-0.1, -0.05) is 0 Å². The first kappa shape index (κ1) is 20.3. The fourth-order valence-corrected chi connectivity index (χ4v) is 1.98. The predicted octanol–water partition coefficient (Wildman–Crippen LogP) is 1.56. The van der Waals surface area contributed by atoms with Crippen LogP contribution in [0.2, 0.25) is 0 Å². The third kappa shape index (κ3) is 9.95. The van der Waals surface area contributed by atoms with Crippen LogP contribution in [0.5, 0.6) is 0 Å². The summed E-state index contributed by atoms with van der Waals surface area (Å²) in [5.74, 6) is 0.138. The Balaban J connectivity index is 0. The standard InChI is InChI=1S/C12H25N3O.2ClH/c1-11(13)5-6-12(16)14-7-4-10-15-8-2-3-9-15;;/h11H,2-10,13H2,1H3,(H,14,16);2*1H. The minimum Gasteiger partial charge on any atom is -0.356 e. The maximum absolute atomic E-state index is 11.4. The quantitative estimate of drug-likeness (QED) is 0.702. The van der Waals surface area contributed by atoms with Crippen LogP contribution in [0.25, 0.3) is 0 Å². The lowest BCUT2D eigenvalue weighted by molar-refractivity contribution is -0.121.